The second kappa shape index (κ2) is 8.67. The van der Waals surface area contributed by atoms with Crippen LogP contribution in [0.25, 0.3) is 0 Å². The van der Waals surface area contributed by atoms with Gasteiger partial charge in [-0.25, -0.2) is 4.39 Å². The summed E-state index contributed by atoms with van der Waals surface area (Å²) in [5.74, 6) is 3.30. The van der Waals surface area contributed by atoms with Crippen molar-refractivity contribution in [3.63, 3.8) is 0 Å². The zero-order chi connectivity index (χ0) is 20.3. The van der Waals surface area contributed by atoms with Gasteiger partial charge < -0.3 is 0 Å². The Morgan fingerprint density at radius 2 is 1.69 bits per heavy atom. The number of rotatable bonds is 7. The lowest BCUT2D eigenvalue weighted by molar-refractivity contribution is -0.00416. The van der Waals surface area contributed by atoms with Gasteiger partial charge in [0.2, 0.25) is 0 Å². The first-order valence-corrected chi connectivity index (χ1v) is 10.7. The minimum atomic E-state index is -0.565. The highest BCUT2D eigenvalue weighted by Gasteiger charge is 2.51. The largest absolute Gasteiger partial charge is 0.280 e. The molecule has 0 aromatic heterocycles. The van der Waals surface area contributed by atoms with E-state index in [9.17, 15) is 8.78 Å². The Hall–Kier alpha value is -2.18. The predicted molar refractivity (Wildman–Crippen MR) is 114 cm³/mol. The minimum Gasteiger partial charge on any atom is -0.280 e. The van der Waals surface area contributed by atoms with Crippen molar-refractivity contribution in [2.45, 2.75) is 43.6 Å². The summed E-state index contributed by atoms with van der Waals surface area (Å²) in [5, 5.41) is 0. The Bertz CT molecular complexity index is 886. The molecular weight excluding hydrogens is 364 g/mol. The number of benzene rings is 2. The van der Waals surface area contributed by atoms with Crippen molar-refractivity contribution in [2.24, 2.45) is 5.92 Å². The van der Waals surface area contributed by atoms with Gasteiger partial charge in [-0.2, -0.15) is 0 Å². The van der Waals surface area contributed by atoms with Gasteiger partial charge in [-0.15, -0.1) is 6.42 Å². The number of alkyl halides is 2. The van der Waals surface area contributed by atoms with E-state index in [1.807, 2.05) is 12.1 Å². The predicted octanol–water partition coefficient (Wildman–Crippen LogP) is 5.44. The van der Waals surface area contributed by atoms with Gasteiger partial charge in [-0.05, 0) is 66.2 Å². The van der Waals surface area contributed by atoms with Gasteiger partial charge in [-0.3, -0.25) is 9.29 Å². The van der Waals surface area contributed by atoms with E-state index in [0.29, 0.717) is 18.9 Å². The van der Waals surface area contributed by atoms with E-state index in [2.05, 4.69) is 47.2 Å². The Kier molecular flexibility index (Phi) is 6.01. The third-order valence-electron chi connectivity index (χ3n) is 7.16. The topological polar surface area (TPSA) is 3.24 Å². The van der Waals surface area contributed by atoms with E-state index < -0.39 is 18.9 Å². The number of hydrogen-bond acceptors (Lipinski definition) is 1. The van der Waals surface area contributed by atoms with Crippen LogP contribution in [0.1, 0.15) is 47.4 Å². The third kappa shape index (κ3) is 3.38. The van der Waals surface area contributed by atoms with Crippen LogP contribution in [0.2, 0.25) is 0 Å². The van der Waals surface area contributed by atoms with E-state index in [4.69, 9.17) is 6.42 Å². The van der Waals surface area contributed by atoms with E-state index in [0.717, 1.165) is 31.2 Å². The Morgan fingerprint density at radius 1 is 0.966 bits per heavy atom. The van der Waals surface area contributed by atoms with E-state index in [1.54, 1.807) is 0 Å². The molecule has 4 rings (SSSR count). The van der Waals surface area contributed by atoms with Gasteiger partial charge in [0.25, 0.3) is 0 Å². The molecule has 0 fully saturated rings. The SMILES string of the molecule is C#CCN(CCF)C1(CCF)c2ccccc2CCC1C1CCc2ccccc21. The zero-order valence-electron chi connectivity index (χ0n) is 16.9. The van der Waals surface area contributed by atoms with Crippen molar-refractivity contribution in [1.29, 1.82) is 0 Å². The molecule has 0 spiro atoms. The third-order valence-corrected chi connectivity index (χ3v) is 7.16. The lowest BCUT2D eigenvalue weighted by Crippen LogP contribution is -2.56. The van der Waals surface area contributed by atoms with Crippen molar-refractivity contribution in [3.8, 4) is 12.3 Å². The van der Waals surface area contributed by atoms with Crippen molar-refractivity contribution < 1.29 is 8.78 Å². The van der Waals surface area contributed by atoms with Gasteiger partial charge in [0, 0.05) is 6.54 Å². The average molecular weight is 394 g/mol. The summed E-state index contributed by atoms with van der Waals surface area (Å²) < 4.78 is 27.8. The maximum atomic E-state index is 14.1. The van der Waals surface area contributed by atoms with Crippen LogP contribution in [0.15, 0.2) is 48.5 Å². The molecule has 152 valence electrons. The fourth-order valence-corrected chi connectivity index (χ4v) is 6.11. The molecule has 3 atom stereocenters. The fraction of sp³-hybridized carbons (Fsp3) is 0.462. The standard InChI is InChI=1S/C26H29F2N/c1-2-18-29(19-17-28)26(15-16-27)24-10-6-4-8-21(24)12-14-25(26)23-13-11-20-7-3-5-9-22(20)23/h1,3-10,23,25H,11-19H2. The van der Waals surface area contributed by atoms with Crippen LogP contribution in [0.5, 0.6) is 0 Å². The maximum Gasteiger partial charge on any atom is 0.102 e. The van der Waals surface area contributed by atoms with Crippen molar-refractivity contribution in [1.82, 2.24) is 4.90 Å². The van der Waals surface area contributed by atoms with Gasteiger partial charge in [0.05, 0.1) is 18.8 Å². The number of terminal acetylenes is 1. The molecule has 1 nitrogen and oxygen atoms in total. The summed E-state index contributed by atoms with van der Waals surface area (Å²) in [6.07, 6.45) is 10.1. The lowest BCUT2D eigenvalue weighted by atomic mass is 9.61. The number of halogens is 2. The summed E-state index contributed by atoms with van der Waals surface area (Å²) in [7, 11) is 0. The van der Waals surface area contributed by atoms with E-state index in [1.165, 1.54) is 16.7 Å². The summed E-state index contributed by atoms with van der Waals surface area (Å²) in [6.45, 7) is -0.342. The molecule has 0 aliphatic heterocycles. The van der Waals surface area contributed by atoms with Crippen LogP contribution < -0.4 is 0 Å². The van der Waals surface area contributed by atoms with Gasteiger partial charge in [0.1, 0.15) is 6.67 Å². The van der Waals surface area contributed by atoms with Gasteiger partial charge in [-0.1, -0.05) is 54.5 Å². The van der Waals surface area contributed by atoms with Crippen molar-refractivity contribution in [2.75, 3.05) is 26.4 Å². The van der Waals surface area contributed by atoms with Crippen LogP contribution in [0.4, 0.5) is 8.78 Å². The quantitative estimate of drug-likeness (QED) is 0.566. The molecule has 0 saturated carbocycles. The second-order valence-corrected chi connectivity index (χ2v) is 8.32. The molecule has 0 heterocycles. The maximum absolute atomic E-state index is 14.1. The molecule has 3 unspecified atom stereocenters. The molecule has 0 radical (unpaired) electrons. The highest BCUT2D eigenvalue weighted by Crippen LogP contribution is 2.55. The molecular formula is C26H29F2N. The fourth-order valence-electron chi connectivity index (χ4n) is 6.11. The van der Waals surface area contributed by atoms with Crippen LogP contribution in [0, 0.1) is 18.3 Å². The molecule has 2 aromatic carbocycles. The second-order valence-electron chi connectivity index (χ2n) is 8.32. The number of nitrogens with zero attached hydrogens (tertiary/aromatic N) is 1. The summed E-state index contributed by atoms with van der Waals surface area (Å²) in [4.78, 5) is 2.07. The summed E-state index contributed by atoms with van der Waals surface area (Å²) in [6, 6.07) is 17.0. The molecule has 0 N–H and O–H groups in total. The Labute approximate surface area is 173 Å². The molecule has 0 saturated heterocycles. The first-order valence-electron chi connectivity index (χ1n) is 10.7. The monoisotopic (exact) mass is 393 g/mol. The van der Waals surface area contributed by atoms with Crippen LogP contribution in [-0.4, -0.2) is 31.3 Å². The molecule has 2 aliphatic rings. The molecule has 2 aliphatic carbocycles. The smallest absolute Gasteiger partial charge is 0.102 e. The van der Waals surface area contributed by atoms with Crippen LogP contribution in [-0.2, 0) is 18.4 Å². The Morgan fingerprint density at radius 3 is 2.45 bits per heavy atom. The van der Waals surface area contributed by atoms with Crippen LogP contribution >= 0.6 is 0 Å². The minimum absolute atomic E-state index is 0.219. The summed E-state index contributed by atoms with van der Waals surface area (Å²) in [5.41, 5.74) is 4.64. The molecule has 3 heteroatoms. The highest BCUT2D eigenvalue weighted by atomic mass is 19.1. The normalized spacial score (nSPS) is 25.4. The highest BCUT2D eigenvalue weighted by molar-refractivity contribution is 5.42. The van der Waals surface area contributed by atoms with E-state index >= 15 is 0 Å². The number of hydrogen-bond donors (Lipinski definition) is 0. The molecule has 2 aromatic rings. The summed E-state index contributed by atoms with van der Waals surface area (Å²) >= 11 is 0. The molecule has 0 bridgehead atoms. The van der Waals surface area contributed by atoms with Crippen molar-refractivity contribution >= 4 is 0 Å². The van der Waals surface area contributed by atoms with Crippen molar-refractivity contribution in [3.05, 3.63) is 70.8 Å². The number of aryl methyl sites for hydroxylation is 2. The first kappa shape index (κ1) is 20.1. The average Bonchev–Trinajstić information content (AvgIpc) is 3.18. The molecule has 29 heavy (non-hydrogen) atoms. The molecule has 0 amide bonds. The number of fused-ring (bicyclic) bond motifs is 2. The Balaban J connectivity index is 1.88. The van der Waals surface area contributed by atoms with Crippen LogP contribution in [0.3, 0.4) is 0 Å². The van der Waals surface area contributed by atoms with Gasteiger partial charge >= 0.3 is 0 Å². The lowest BCUT2D eigenvalue weighted by Gasteiger charge is -2.54. The van der Waals surface area contributed by atoms with Gasteiger partial charge in [0.15, 0.2) is 0 Å². The van der Waals surface area contributed by atoms with E-state index in [-0.39, 0.29) is 12.5 Å². The zero-order valence-corrected chi connectivity index (χ0v) is 16.9. The first-order chi connectivity index (χ1) is 14.3.